The average Bonchev–Trinajstić information content (AvgIpc) is 2.92. The molecule has 2 saturated heterocycles. The zero-order valence-corrected chi connectivity index (χ0v) is 28.3. The maximum Gasteiger partial charge on any atom is 0.157 e. The van der Waals surface area contributed by atoms with Crippen LogP contribution in [0.3, 0.4) is 0 Å². The molecule has 0 amide bonds. The molecule has 2 N–H and O–H groups in total. The van der Waals surface area contributed by atoms with E-state index in [0.717, 1.165) is 47.9 Å². The number of phenols is 2. The van der Waals surface area contributed by atoms with Crippen molar-refractivity contribution in [3.8, 4) is 11.5 Å². The summed E-state index contributed by atoms with van der Waals surface area (Å²) in [5, 5.41) is 21.8. The third kappa shape index (κ3) is 8.13. The van der Waals surface area contributed by atoms with Gasteiger partial charge >= 0.3 is 0 Å². The Morgan fingerprint density at radius 2 is 0.953 bits per heavy atom. The van der Waals surface area contributed by atoms with Crippen LogP contribution in [0.25, 0.3) is 0 Å². The van der Waals surface area contributed by atoms with E-state index in [4.69, 9.17) is 18.9 Å². The molecule has 4 rings (SSSR count). The number of rotatable bonds is 8. The minimum absolute atomic E-state index is 0.136. The molecule has 6 nitrogen and oxygen atoms in total. The van der Waals surface area contributed by atoms with Crippen molar-refractivity contribution < 1.29 is 29.2 Å². The molecule has 0 saturated carbocycles. The van der Waals surface area contributed by atoms with Crippen molar-refractivity contribution >= 4 is 0 Å². The van der Waals surface area contributed by atoms with E-state index in [-0.39, 0.29) is 40.7 Å². The highest BCUT2D eigenvalue weighted by Crippen LogP contribution is 2.40. The fraction of sp³-hybridized carbons (Fsp3) is 0.676. The summed E-state index contributed by atoms with van der Waals surface area (Å²) >= 11 is 0. The minimum Gasteiger partial charge on any atom is -0.507 e. The molecule has 2 aliphatic heterocycles. The van der Waals surface area contributed by atoms with Crippen LogP contribution in [0.5, 0.6) is 11.5 Å². The van der Waals surface area contributed by atoms with Crippen molar-refractivity contribution in [2.75, 3.05) is 26.4 Å². The van der Waals surface area contributed by atoms with E-state index in [1.165, 1.54) is 11.1 Å². The van der Waals surface area contributed by atoms with Gasteiger partial charge in [0.2, 0.25) is 0 Å². The van der Waals surface area contributed by atoms with Gasteiger partial charge in [-0.3, -0.25) is 0 Å². The van der Waals surface area contributed by atoms with Crippen molar-refractivity contribution in [3.05, 3.63) is 57.6 Å². The van der Waals surface area contributed by atoms with Crippen molar-refractivity contribution in [1.29, 1.82) is 0 Å². The van der Waals surface area contributed by atoms with Crippen LogP contribution in [0.2, 0.25) is 0 Å². The van der Waals surface area contributed by atoms with Gasteiger partial charge in [-0.25, -0.2) is 0 Å². The molecule has 0 bridgehead atoms. The highest BCUT2D eigenvalue weighted by atomic mass is 16.7. The first kappa shape index (κ1) is 33.8. The molecule has 1 spiro atoms. The zero-order chi connectivity index (χ0) is 31.7. The van der Waals surface area contributed by atoms with Gasteiger partial charge < -0.3 is 29.2 Å². The van der Waals surface area contributed by atoms with Gasteiger partial charge in [-0.2, -0.15) is 0 Å². The summed E-state index contributed by atoms with van der Waals surface area (Å²) < 4.78 is 24.8. The van der Waals surface area contributed by atoms with E-state index in [0.29, 0.717) is 37.9 Å². The highest BCUT2D eigenvalue weighted by Gasteiger charge is 2.42. The summed E-state index contributed by atoms with van der Waals surface area (Å²) in [7, 11) is 0. The third-order valence-corrected chi connectivity index (χ3v) is 8.90. The van der Waals surface area contributed by atoms with E-state index in [9.17, 15) is 10.2 Å². The molecule has 0 unspecified atom stereocenters. The van der Waals surface area contributed by atoms with Crippen LogP contribution in [-0.4, -0.2) is 49.2 Å². The topological polar surface area (TPSA) is 77.4 Å². The molecule has 0 aliphatic carbocycles. The highest BCUT2D eigenvalue weighted by molar-refractivity contribution is 5.49. The van der Waals surface area contributed by atoms with E-state index < -0.39 is 0 Å². The lowest BCUT2D eigenvalue weighted by Crippen LogP contribution is -2.52. The Hall–Kier alpha value is -2.12. The lowest BCUT2D eigenvalue weighted by molar-refractivity contribution is -0.303. The van der Waals surface area contributed by atoms with Crippen LogP contribution >= 0.6 is 0 Å². The zero-order valence-electron chi connectivity index (χ0n) is 28.3. The van der Waals surface area contributed by atoms with Crippen molar-refractivity contribution in [3.63, 3.8) is 0 Å². The molecule has 2 fully saturated rings. The number of benzene rings is 2. The summed E-state index contributed by atoms with van der Waals surface area (Å²) in [6, 6.07) is 8.54. The first-order valence-corrected chi connectivity index (χ1v) is 16.2. The quantitative estimate of drug-likeness (QED) is 0.320. The second-order valence-electron chi connectivity index (χ2n) is 15.7. The van der Waals surface area contributed by atoms with Gasteiger partial charge in [-0.1, -0.05) is 93.5 Å². The van der Waals surface area contributed by atoms with Gasteiger partial charge in [0.1, 0.15) is 11.5 Å². The summed E-state index contributed by atoms with van der Waals surface area (Å²) in [4.78, 5) is 0. The molecule has 43 heavy (non-hydrogen) atoms. The van der Waals surface area contributed by atoms with Crippen molar-refractivity contribution in [2.45, 2.75) is 130 Å². The standard InChI is InChI=1S/C37H56O6/c1-23(2)27-15-25(17-29(33(27)38)35(5,6)7)11-13-31-40-19-37(20-41-31)21-42-32(43-22-37)14-12-26-16-28(24(3)4)34(39)30(18-26)36(8,9)10/h15-18,23-24,31-32,38-39H,11-14,19-22H2,1-10H3. The Morgan fingerprint density at radius 1 is 0.628 bits per heavy atom. The molecule has 2 aromatic rings. The van der Waals surface area contributed by atoms with Crippen LogP contribution in [0, 0.1) is 5.41 Å². The van der Waals surface area contributed by atoms with Crippen LogP contribution in [0.15, 0.2) is 24.3 Å². The van der Waals surface area contributed by atoms with Crippen LogP contribution < -0.4 is 0 Å². The van der Waals surface area contributed by atoms with Crippen molar-refractivity contribution in [2.24, 2.45) is 5.41 Å². The first-order chi connectivity index (χ1) is 20.0. The number of aryl methyl sites for hydroxylation is 2. The van der Waals surface area contributed by atoms with Crippen LogP contribution in [-0.2, 0) is 42.6 Å². The fourth-order valence-corrected chi connectivity index (χ4v) is 6.08. The monoisotopic (exact) mass is 596 g/mol. The van der Waals surface area contributed by atoms with E-state index in [1.807, 2.05) is 0 Å². The molecule has 2 aromatic carbocycles. The molecular weight excluding hydrogens is 540 g/mol. The van der Waals surface area contributed by atoms with E-state index >= 15 is 0 Å². The summed E-state index contributed by atoms with van der Waals surface area (Å²) in [5.41, 5.74) is 5.83. The Labute approximate surface area is 260 Å². The molecule has 0 radical (unpaired) electrons. The van der Waals surface area contributed by atoms with E-state index in [1.54, 1.807) is 0 Å². The maximum absolute atomic E-state index is 10.9. The molecule has 240 valence electrons. The van der Waals surface area contributed by atoms with Gasteiger partial charge in [-0.15, -0.1) is 0 Å². The van der Waals surface area contributed by atoms with Gasteiger partial charge in [0, 0.05) is 12.8 Å². The maximum atomic E-state index is 10.9. The Kier molecular flexibility index (Phi) is 10.3. The van der Waals surface area contributed by atoms with Gasteiger partial charge in [0.15, 0.2) is 12.6 Å². The molecule has 0 aromatic heterocycles. The van der Waals surface area contributed by atoms with Crippen LogP contribution in [0.4, 0.5) is 0 Å². The van der Waals surface area contributed by atoms with E-state index in [2.05, 4.69) is 93.5 Å². The number of ether oxygens (including phenoxy) is 4. The number of aromatic hydroxyl groups is 2. The molecule has 2 heterocycles. The summed E-state index contributed by atoms with van der Waals surface area (Å²) in [6.07, 6.45) is 2.63. The summed E-state index contributed by atoms with van der Waals surface area (Å²) in [5.74, 6) is 1.34. The number of phenolic OH excluding ortho intramolecular Hbond substituents is 2. The minimum atomic E-state index is -0.279. The molecule has 2 aliphatic rings. The second-order valence-corrected chi connectivity index (χ2v) is 15.7. The van der Waals surface area contributed by atoms with Crippen LogP contribution in [0.1, 0.15) is 127 Å². The second kappa shape index (κ2) is 13.1. The smallest absolute Gasteiger partial charge is 0.157 e. The van der Waals surface area contributed by atoms with Gasteiger partial charge in [-0.05, 0) is 68.9 Å². The summed E-state index contributed by atoms with van der Waals surface area (Å²) in [6.45, 7) is 23.5. The Balaban J connectivity index is 1.29. The third-order valence-electron chi connectivity index (χ3n) is 8.90. The Morgan fingerprint density at radius 3 is 1.23 bits per heavy atom. The van der Waals surface area contributed by atoms with Gasteiger partial charge in [0.05, 0.1) is 31.8 Å². The molecule has 0 atom stereocenters. The normalized spacial score (nSPS) is 23.4. The number of hydrogen-bond donors (Lipinski definition) is 2. The SMILES string of the molecule is CC(C)c1cc(CCC2OCC3(CO2)COC(CCc2cc(C(C)C)c(O)c(C(C)(C)C)c2)OC3)cc(C(C)(C)C)c1O. The fourth-order valence-electron chi connectivity index (χ4n) is 6.08. The predicted octanol–water partition coefficient (Wildman–Crippen LogP) is 8.24. The Bertz CT molecular complexity index is 1130. The van der Waals surface area contributed by atoms with Gasteiger partial charge in [0.25, 0.3) is 0 Å². The molecular formula is C37H56O6. The first-order valence-electron chi connectivity index (χ1n) is 16.2. The predicted molar refractivity (Wildman–Crippen MR) is 172 cm³/mol. The average molecular weight is 597 g/mol. The molecule has 6 heteroatoms. The number of hydrogen-bond acceptors (Lipinski definition) is 6. The largest absolute Gasteiger partial charge is 0.507 e. The lowest BCUT2D eigenvalue weighted by Gasteiger charge is -2.43. The van der Waals surface area contributed by atoms with Crippen molar-refractivity contribution in [1.82, 2.24) is 0 Å². The lowest BCUT2D eigenvalue weighted by atomic mass is 9.82.